The predicted octanol–water partition coefficient (Wildman–Crippen LogP) is 0.755. The van der Waals surface area contributed by atoms with E-state index in [0.717, 1.165) is 6.42 Å². The first-order chi connectivity index (χ1) is 4.54. The first-order valence-electron chi connectivity index (χ1n) is 3.57. The van der Waals surface area contributed by atoms with Crippen LogP contribution in [-0.2, 0) is 4.79 Å². The summed E-state index contributed by atoms with van der Waals surface area (Å²) in [6, 6.07) is 0. The molecule has 0 bridgehead atoms. The molecular weight excluding hydrogens is 128 g/mol. The zero-order valence-electron chi connectivity index (χ0n) is 6.92. The number of carbonyl (C=O) groups is 1. The summed E-state index contributed by atoms with van der Waals surface area (Å²) in [5.41, 5.74) is 0. The van der Waals surface area contributed by atoms with Crippen molar-refractivity contribution in [3.63, 3.8) is 0 Å². The normalized spacial score (nSPS) is 10.1. The summed E-state index contributed by atoms with van der Waals surface area (Å²) in [4.78, 5) is 10.6. The monoisotopic (exact) mass is 144 g/mol. The Kier molecular flexibility index (Phi) is 4.03. The summed E-state index contributed by atoms with van der Waals surface area (Å²) < 4.78 is 0. The van der Waals surface area contributed by atoms with Gasteiger partial charge in [-0.3, -0.25) is 9.80 Å². The van der Waals surface area contributed by atoms with E-state index in [9.17, 15) is 4.79 Å². The molecule has 0 fully saturated rings. The molecule has 0 radical (unpaired) electrons. The molecule has 3 heteroatoms. The Hall–Kier alpha value is -0.570. The fourth-order valence-corrected chi connectivity index (χ4v) is 0.555. The van der Waals surface area contributed by atoms with Gasteiger partial charge in [0.15, 0.2) is 0 Å². The largest absolute Gasteiger partial charge is 0.281 e. The van der Waals surface area contributed by atoms with E-state index < -0.39 is 0 Å². The van der Waals surface area contributed by atoms with Gasteiger partial charge in [0.1, 0.15) is 0 Å². The molecule has 3 nitrogen and oxygen atoms in total. The average molecular weight is 144 g/mol. The average Bonchev–Trinajstić information content (AvgIpc) is 1.82. The summed E-state index contributed by atoms with van der Waals surface area (Å²) in [7, 11) is 0. The number of nitrogens with zero attached hydrogens (tertiary/aromatic N) is 1. The van der Waals surface area contributed by atoms with Gasteiger partial charge in [0.05, 0.1) is 0 Å². The van der Waals surface area contributed by atoms with E-state index in [2.05, 4.69) is 13.8 Å². The van der Waals surface area contributed by atoms with Gasteiger partial charge in [0, 0.05) is 13.5 Å². The zero-order chi connectivity index (χ0) is 8.15. The van der Waals surface area contributed by atoms with Crippen LogP contribution in [-0.4, -0.2) is 17.5 Å². The Morgan fingerprint density at radius 1 is 1.60 bits per heavy atom. The second kappa shape index (κ2) is 4.28. The van der Waals surface area contributed by atoms with Crippen molar-refractivity contribution in [1.29, 1.82) is 0 Å². The van der Waals surface area contributed by atoms with E-state index in [0.29, 0.717) is 12.5 Å². The first-order valence-corrected chi connectivity index (χ1v) is 3.57. The standard InChI is InChI=1S/C7H16N2O/c1-6(2)4-5-9(8)7(3)10/h6H,4-5,8H2,1-3H3. The zero-order valence-corrected chi connectivity index (χ0v) is 6.92. The third kappa shape index (κ3) is 4.32. The predicted molar refractivity (Wildman–Crippen MR) is 41.0 cm³/mol. The van der Waals surface area contributed by atoms with Crippen molar-refractivity contribution in [2.24, 2.45) is 11.8 Å². The molecule has 0 atom stereocenters. The Morgan fingerprint density at radius 3 is 2.40 bits per heavy atom. The van der Waals surface area contributed by atoms with Crippen LogP contribution >= 0.6 is 0 Å². The summed E-state index contributed by atoms with van der Waals surface area (Å²) in [5.74, 6) is 5.88. The molecule has 0 aliphatic rings. The van der Waals surface area contributed by atoms with Gasteiger partial charge in [-0.15, -0.1) is 0 Å². The van der Waals surface area contributed by atoms with Crippen molar-refractivity contribution >= 4 is 5.91 Å². The van der Waals surface area contributed by atoms with Crippen molar-refractivity contribution in [3.8, 4) is 0 Å². The van der Waals surface area contributed by atoms with E-state index in [1.807, 2.05) is 0 Å². The minimum atomic E-state index is -0.0688. The fraction of sp³-hybridized carbons (Fsp3) is 0.857. The van der Waals surface area contributed by atoms with Crippen LogP contribution in [0.25, 0.3) is 0 Å². The highest BCUT2D eigenvalue weighted by atomic mass is 16.2. The highest BCUT2D eigenvalue weighted by Gasteiger charge is 2.02. The lowest BCUT2D eigenvalue weighted by molar-refractivity contribution is -0.129. The Balaban J connectivity index is 3.40. The Bertz CT molecular complexity index is 112. The molecule has 60 valence electrons. The van der Waals surface area contributed by atoms with Gasteiger partial charge >= 0.3 is 0 Å². The van der Waals surface area contributed by atoms with E-state index in [4.69, 9.17) is 5.84 Å². The van der Waals surface area contributed by atoms with E-state index in [1.54, 1.807) is 0 Å². The molecule has 0 aromatic heterocycles. The van der Waals surface area contributed by atoms with E-state index in [1.165, 1.54) is 11.9 Å². The van der Waals surface area contributed by atoms with Crippen LogP contribution in [0, 0.1) is 5.92 Å². The summed E-state index contributed by atoms with van der Waals surface area (Å²) in [6.07, 6.45) is 0.968. The van der Waals surface area contributed by atoms with Crippen molar-refractivity contribution in [3.05, 3.63) is 0 Å². The molecule has 0 spiro atoms. The van der Waals surface area contributed by atoms with Crippen LogP contribution in [0.1, 0.15) is 27.2 Å². The minimum absolute atomic E-state index is 0.0688. The highest BCUT2D eigenvalue weighted by molar-refractivity contribution is 5.72. The molecule has 2 N–H and O–H groups in total. The van der Waals surface area contributed by atoms with Crippen molar-refractivity contribution in [1.82, 2.24) is 5.01 Å². The molecule has 0 heterocycles. The summed E-state index contributed by atoms with van der Waals surface area (Å²) >= 11 is 0. The summed E-state index contributed by atoms with van der Waals surface area (Å²) in [5, 5.41) is 1.25. The highest BCUT2D eigenvalue weighted by Crippen LogP contribution is 1.98. The molecular formula is C7H16N2O. The van der Waals surface area contributed by atoms with Crippen LogP contribution in [0.3, 0.4) is 0 Å². The molecule has 0 saturated heterocycles. The van der Waals surface area contributed by atoms with Gasteiger partial charge in [0.2, 0.25) is 5.91 Å². The SMILES string of the molecule is CC(=O)N(N)CCC(C)C. The van der Waals surface area contributed by atoms with Crippen molar-refractivity contribution in [2.45, 2.75) is 27.2 Å². The maximum Gasteiger partial charge on any atom is 0.233 e. The number of hydrazine groups is 1. The molecule has 10 heavy (non-hydrogen) atoms. The minimum Gasteiger partial charge on any atom is -0.281 e. The molecule has 0 rings (SSSR count). The van der Waals surface area contributed by atoms with Crippen LogP contribution < -0.4 is 5.84 Å². The number of hydrogen-bond donors (Lipinski definition) is 1. The van der Waals surface area contributed by atoms with Crippen LogP contribution in [0.2, 0.25) is 0 Å². The molecule has 0 aliphatic carbocycles. The Morgan fingerprint density at radius 2 is 2.10 bits per heavy atom. The lowest BCUT2D eigenvalue weighted by atomic mass is 10.1. The van der Waals surface area contributed by atoms with Gasteiger partial charge in [-0.25, -0.2) is 5.84 Å². The van der Waals surface area contributed by atoms with E-state index in [-0.39, 0.29) is 5.91 Å². The second-order valence-corrected chi connectivity index (χ2v) is 2.89. The topological polar surface area (TPSA) is 46.3 Å². The Labute approximate surface area is 62.2 Å². The third-order valence-corrected chi connectivity index (χ3v) is 1.35. The van der Waals surface area contributed by atoms with Gasteiger partial charge in [-0.1, -0.05) is 13.8 Å². The quantitative estimate of drug-likeness (QED) is 0.361. The third-order valence-electron chi connectivity index (χ3n) is 1.35. The van der Waals surface area contributed by atoms with Gasteiger partial charge < -0.3 is 0 Å². The lowest BCUT2D eigenvalue weighted by Crippen LogP contribution is -2.36. The number of hydrogen-bond acceptors (Lipinski definition) is 2. The smallest absolute Gasteiger partial charge is 0.233 e. The van der Waals surface area contributed by atoms with Gasteiger partial charge in [0.25, 0.3) is 0 Å². The maximum atomic E-state index is 10.6. The number of carbonyl (C=O) groups excluding carboxylic acids is 1. The first kappa shape index (κ1) is 9.43. The molecule has 0 unspecified atom stereocenters. The molecule has 1 amide bonds. The lowest BCUT2D eigenvalue weighted by Gasteiger charge is -2.14. The van der Waals surface area contributed by atoms with Crippen molar-refractivity contribution < 1.29 is 4.79 Å². The van der Waals surface area contributed by atoms with Gasteiger partial charge in [-0.2, -0.15) is 0 Å². The molecule has 0 aromatic rings. The van der Waals surface area contributed by atoms with E-state index >= 15 is 0 Å². The fourth-order valence-electron chi connectivity index (χ4n) is 0.555. The number of rotatable bonds is 3. The number of amides is 1. The molecule has 0 saturated carbocycles. The molecule has 0 aliphatic heterocycles. The van der Waals surface area contributed by atoms with Crippen molar-refractivity contribution in [2.75, 3.05) is 6.54 Å². The second-order valence-electron chi connectivity index (χ2n) is 2.89. The van der Waals surface area contributed by atoms with Crippen LogP contribution in [0.5, 0.6) is 0 Å². The van der Waals surface area contributed by atoms with Gasteiger partial charge in [-0.05, 0) is 12.3 Å². The summed E-state index contributed by atoms with van der Waals surface area (Å²) in [6.45, 7) is 6.34. The van der Waals surface area contributed by atoms with Crippen LogP contribution in [0.4, 0.5) is 0 Å². The molecule has 0 aromatic carbocycles. The number of nitrogens with two attached hydrogens (primary N) is 1. The van der Waals surface area contributed by atoms with Crippen LogP contribution in [0.15, 0.2) is 0 Å². The maximum absolute atomic E-state index is 10.6.